The maximum atomic E-state index is 13.8. The van der Waals surface area contributed by atoms with E-state index in [1.807, 2.05) is 6.92 Å². The Bertz CT molecular complexity index is 1170. The summed E-state index contributed by atoms with van der Waals surface area (Å²) in [4.78, 5) is 41.1. The zero-order valence-electron chi connectivity index (χ0n) is 22.6. The highest BCUT2D eigenvalue weighted by Crippen LogP contribution is 2.55. The highest BCUT2D eigenvalue weighted by Gasteiger charge is 2.48. The number of allylic oxidation sites excluding steroid dienone is 4. The second-order valence-corrected chi connectivity index (χ2v) is 12.2. The molecule has 0 aromatic heterocycles. The number of primary amides is 1. The third kappa shape index (κ3) is 5.15. The van der Waals surface area contributed by atoms with Crippen molar-refractivity contribution in [3.8, 4) is 11.5 Å². The Labute approximate surface area is 224 Å². The number of benzene rings is 1. The van der Waals surface area contributed by atoms with E-state index in [2.05, 4.69) is 39.5 Å². The number of carbonyl (C=O) groups excluding carboxylic acids is 3. The predicted molar refractivity (Wildman–Crippen MR) is 143 cm³/mol. The third-order valence-electron chi connectivity index (χ3n) is 7.36. The van der Waals surface area contributed by atoms with Gasteiger partial charge in [-0.15, -0.1) is 0 Å². The van der Waals surface area contributed by atoms with Crippen molar-refractivity contribution < 1.29 is 23.9 Å². The number of hydrogen-bond acceptors (Lipinski definition) is 6. The molecule has 0 bridgehead atoms. The van der Waals surface area contributed by atoms with E-state index in [4.69, 9.17) is 26.8 Å². The molecule has 0 saturated carbocycles. The molecule has 0 radical (unpaired) electrons. The zero-order chi connectivity index (χ0) is 27.3. The smallest absolute Gasteiger partial charge is 0.255 e. The molecule has 0 unspecified atom stereocenters. The Balaban J connectivity index is 1.97. The van der Waals surface area contributed by atoms with E-state index in [1.54, 1.807) is 12.1 Å². The number of ketones is 2. The van der Waals surface area contributed by atoms with Gasteiger partial charge in [0.1, 0.15) is 0 Å². The first kappa shape index (κ1) is 27.2. The number of nitrogens with zero attached hydrogens (tertiary/aromatic N) is 1. The fourth-order valence-corrected chi connectivity index (χ4v) is 6.34. The van der Waals surface area contributed by atoms with Crippen LogP contribution in [0.5, 0.6) is 11.5 Å². The van der Waals surface area contributed by atoms with Crippen LogP contribution in [0, 0.1) is 10.8 Å². The quantitative estimate of drug-likeness (QED) is 0.515. The third-order valence-corrected chi connectivity index (χ3v) is 7.64. The molecule has 1 aliphatic heterocycles. The van der Waals surface area contributed by atoms with E-state index >= 15 is 0 Å². The average Bonchev–Trinajstić information content (AvgIpc) is 2.75. The van der Waals surface area contributed by atoms with Crippen LogP contribution in [0.3, 0.4) is 0 Å². The van der Waals surface area contributed by atoms with Gasteiger partial charge in [0.25, 0.3) is 5.91 Å². The average molecular weight is 529 g/mol. The van der Waals surface area contributed by atoms with Gasteiger partial charge in [-0.1, -0.05) is 39.3 Å². The van der Waals surface area contributed by atoms with E-state index < -0.39 is 11.8 Å². The van der Waals surface area contributed by atoms with Crippen LogP contribution in [0.15, 0.2) is 34.7 Å². The molecule has 7 nitrogen and oxygen atoms in total. The van der Waals surface area contributed by atoms with E-state index in [0.29, 0.717) is 48.5 Å². The fraction of sp³-hybridized carbons (Fsp3) is 0.552. The number of amides is 1. The fourth-order valence-electron chi connectivity index (χ4n) is 6.06. The lowest BCUT2D eigenvalue weighted by Gasteiger charge is -2.49. The van der Waals surface area contributed by atoms with Crippen molar-refractivity contribution in [3.05, 3.63) is 45.3 Å². The number of nitrogens with two attached hydrogens (primary N) is 1. The summed E-state index contributed by atoms with van der Waals surface area (Å²) in [5, 5.41) is 0.233. The first-order valence-corrected chi connectivity index (χ1v) is 13.3. The first-order valence-electron chi connectivity index (χ1n) is 13.0. The zero-order valence-corrected chi connectivity index (χ0v) is 23.4. The predicted octanol–water partition coefficient (Wildman–Crippen LogP) is 5.31. The molecule has 1 aromatic carbocycles. The van der Waals surface area contributed by atoms with Crippen molar-refractivity contribution in [2.45, 2.75) is 73.1 Å². The van der Waals surface area contributed by atoms with Crippen LogP contribution >= 0.6 is 11.6 Å². The highest BCUT2D eigenvalue weighted by molar-refractivity contribution is 6.32. The van der Waals surface area contributed by atoms with Gasteiger partial charge in [0, 0.05) is 47.8 Å². The number of ether oxygens (including phenoxy) is 2. The molecular formula is C29H37ClN2O5. The van der Waals surface area contributed by atoms with Crippen LogP contribution in [0.25, 0.3) is 0 Å². The normalized spacial score (nSPS) is 21.1. The molecule has 1 heterocycles. The number of carbonyl (C=O) groups is 3. The second-order valence-electron chi connectivity index (χ2n) is 11.8. The summed E-state index contributed by atoms with van der Waals surface area (Å²) in [6, 6.07) is 3.51. The Morgan fingerprint density at radius 1 is 0.973 bits per heavy atom. The standard InChI is InChI=1S/C29H37ClN2O5/c1-7-32-18-11-28(3,4)13-20(33)25(18)24(26-19(32)12-29(5,6)14-21(26)34)16-9-17(30)27(37-15-23(31)35)22(10-16)36-8-2/h9-10,24H,7-8,11-15H2,1-6H3,(H2,31,35). The maximum absolute atomic E-state index is 13.8. The summed E-state index contributed by atoms with van der Waals surface area (Å²) in [6.07, 6.45) is 2.31. The van der Waals surface area contributed by atoms with E-state index in [1.165, 1.54) is 0 Å². The van der Waals surface area contributed by atoms with Crippen molar-refractivity contribution in [1.82, 2.24) is 4.90 Å². The van der Waals surface area contributed by atoms with Gasteiger partial charge >= 0.3 is 0 Å². The van der Waals surface area contributed by atoms with Gasteiger partial charge in [-0.3, -0.25) is 14.4 Å². The van der Waals surface area contributed by atoms with Gasteiger partial charge < -0.3 is 20.1 Å². The van der Waals surface area contributed by atoms with Crippen LogP contribution in [0.4, 0.5) is 0 Å². The summed E-state index contributed by atoms with van der Waals surface area (Å²) in [5.74, 6) is -0.496. The molecule has 1 amide bonds. The van der Waals surface area contributed by atoms with E-state index in [-0.39, 0.29) is 39.8 Å². The van der Waals surface area contributed by atoms with Crippen molar-refractivity contribution in [1.29, 1.82) is 0 Å². The Morgan fingerprint density at radius 3 is 1.97 bits per heavy atom. The van der Waals surface area contributed by atoms with E-state index in [9.17, 15) is 14.4 Å². The molecule has 200 valence electrons. The molecule has 0 fully saturated rings. The molecule has 3 aliphatic rings. The summed E-state index contributed by atoms with van der Waals surface area (Å²) in [7, 11) is 0. The number of rotatable bonds is 7. The van der Waals surface area contributed by atoms with Crippen LogP contribution < -0.4 is 15.2 Å². The molecule has 2 aliphatic carbocycles. The highest BCUT2D eigenvalue weighted by atomic mass is 35.5. The summed E-state index contributed by atoms with van der Waals surface area (Å²) in [5.41, 5.74) is 8.97. The summed E-state index contributed by atoms with van der Waals surface area (Å²) >= 11 is 6.67. The molecular weight excluding hydrogens is 492 g/mol. The lowest BCUT2D eigenvalue weighted by atomic mass is 9.63. The van der Waals surface area contributed by atoms with Gasteiger partial charge in [0.15, 0.2) is 29.7 Å². The largest absolute Gasteiger partial charge is 0.490 e. The Kier molecular flexibility index (Phi) is 7.23. The Morgan fingerprint density at radius 2 is 1.51 bits per heavy atom. The molecule has 4 rings (SSSR count). The van der Waals surface area contributed by atoms with Crippen LogP contribution in [-0.4, -0.2) is 42.1 Å². The molecule has 2 N–H and O–H groups in total. The van der Waals surface area contributed by atoms with Crippen LogP contribution in [0.2, 0.25) is 5.02 Å². The van der Waals surface area contributed by atoms with Crippen molar-refractivity contribution in [2.24, 2.45) is 16.6 Å². The minimum absolute atomic E-state index is 0.0574. The van der Waals surface area contributed by atoms with Gasteiger partial charge in [-0.25, -0.2) is 0 Å². The van der Waals surface area contributed by atoms with E-state index in [0.717, 1.165) is 24.2 Å². The number of Topliss-reactive ketones (excluding diaryl/α,β-unsaturated/α-hetero) is 2. The van der Waals surface area contributed by atoms with Gasteiger partial charge in [0.2, 0.25) is 0 Å². The van der Waals surface area contributed by atoms with Crippen LogP contribution in [-0.2, 0) is 14.4 Å². The molecule has 0 saturated heterocycles. The lowest BCUT2D eigenvalue weighted by molar-refractivity contribution is -0.121. The lowest BCUT2D eigenvalue weighted by Crippen LogP contribution is -2.44. The number of hydrogen-bond donors (Lipinski definition) is 1. The maximum Gasteiger partial charge on any atom is 0.255 e. The SMILES string of the molecule is CCOc1cc(C2C3=C(CC(C)(C)CC3=O)N(CC)C3=C2C(=O)CC(C)(C)C3)cc(Cl)c1OCC(N)=O. The van der Waals surface area contributed by atoms with Crippen molar-refractivity contribution in [3.63, 3.8) is 0 Å². The molecule has 0 atom stereocenters. The number of halogens is 1. The monoisotopic (exact) mass is 528 g/mol. The molecule has 0 spiro atoms. The minimum atomic E-state index is -0.634. The topological polar surface area (TPSA) is 98.9 Å². The molecule has 37 heavy (non-hydrogen) atoms. The molecule has 8 heteroatoms. The minimum Gasteiger partial charge on any atom is -0.490 e. The second kappa shape index (κ2) is 9.82. The van der Waals surface area contributed by atoms with Gasteiger partial charge in [0.05, 0.1) is 11.6 Å². The van der Waals surface area contributed by atoms with Crippen molar-refractivity contribution >= 4 is 29.1 Å². The Hall–Kier alpha value is -2.80. The van der Waals surface area contributed by atoms with Gasteiger partial charge in [-0.05, 0) is 55.2 Å². The van der Waals surface area contributed by atoms with Crippen LogP contribution in [0.1, 0.15) is 78.7 Å². The first-order chi connectivity index (χ1) is 17.3. The molecule has 1 aromatic rings. The van der Waals surface area contributed by atoms with Crippen molar-refractivity contribution in [2.75, 3.05) is 19.8 Å². The van der Waals surface area contributed by atoms with Gasteiger partial charge in [-0.2, -0.15) is 0 Å². The summed E-state index contributed by atoms with van der Waals surface area (Å²) in [6.45, 7) is 13.0. The summed E-state index contributed by atoms with van der Waals surface area (Å²) < 4.78 is 11.4.